The van der Waals surface area contributed by atoms with Crippen molar-refractivity contribution < 1.29 is 14.3 Å². The van der Waals surface area contributed by atoms with Crippen LogP contribution in [0.4, 0.5) is 11.5 Å². The quantitative estimate of drug-likeness (QED) is 0.759. The summed E-state index contributed by atoms with van der Waals surface area (Å²) in [6.07, 6.45) is 8.75. The topological polar surface area (TPSA) is 73.3 Å². The smallest absolute Gasteiger partial charge is 0.347 e. The molecule has 2 rings (SSSR count). The molecule has 0 aliphatic heterocycles. The van der Waals surface area contributed by atoms with E-state index in [2.05, 4.69) is 15.3 Å². The molecule has 0 spiro atoms. The van der Waals surface area contributed by atoms with Gasteiger partial charge in [-0.05, 0) is 58.0 Å². The first kappa shape index (κ1) is 20.2. The first-order valence-corrected chi connectivity index (χ1v) is 8.90. The summed E-state index contributed by atoms with van der Waals surface area (Å²) < 4.78 is 10.5. The van der Waals surface area contributed by atoms with E-state index >= 15 is 0 Å². The third-order valence-electron chi connectivity index (χ3n) is 3.61. The molecular formula is C21H25N3O3. The maximum Gasteiger partial charge on any atom is 0.347 e. The molecule has 142 valence electrons. The van der Waals surface area contributed by atoms with Gasteiger partial charge in [0.1, 0.15) is 11.6 Å². The number of carbonyl (C=O) groups excluding carboxylic acids is 1. The van der Waals surface area contributed by atoms with Crippen LogP contribution >= 0.6 is 0 Å². The first-order valence-electron chi connectivity index (χ1n) is 8.90. The van der Waals surface area contributed by atoms with Gasteiger partial charge in [0.15, 0.2) is 6.10 Å². The Kier molecular flexibility index (Phi) is 7.55. The van der Waals surface area contributed by atoms with Crippen LogP contribution in [0.1, 0.15) is 27.7 Å². The van der Waals surface area contributed by atoms with Gasteiger partial charge in [-0.25, -0.2) is 9.78 Å². The van der Waals surface area contributed by atoms with Gasteiger partial charge in [0.2, 0.25) is 0 Å². The lowest BCUT2D eigenvalue weighted by molar-refractivity contribution is -0.150. The van der Waals surface area contributed by atoms with Crippen LogP contribution in [-0.2, 0) is 9.53 Å². The van der Waals surface area contributed by atoms with Gasteiger partial charge < -0.3 is 14.8 Å². The highest BCUT2D eigenvalue weighted by Gasteiger charge is 2.15. The Balaban J connectivity index is 2.09. The molecule has 0 bridgehead atoms. The van der Waals surface area contributed by atoms with Gasteiger partial charge in [-0.15, -0.1) is 0 Å². The van der Waals surface area contributed by atoms with Gasteiger partial charge in [-0.2, -0.15) is 0 Å². The number of carbonyl (C=O) groups is 1. The minimum Gasteiger partial charge on any atom is -0.479 e. The van der Waals surface area contributed by atoms with Crippen molar-refractivity contribution in [2.45, 2.75) is 33.8 Å². The molecule has 27 heavy (non-hydrogen) atoms. The number of aromatic nitrogens is 2. The van der Waals surface area contributed by atoms with Crippen LogP contribution in [0.5, 0.6) is 5.75 Å². The largest absolute Gasteiger partial charge is 0.479 e. The Labute approximate surface area is 159 Å². The molecule has 6 heteroatoms. The summed E-state index contributed by atoms with van der Waals surface area (Å²) in [5, 5.41) is 4.84. The van der Waals surface area contributed by atoms with Crippen molar-refractivity contribution in [1.82, 2.24) is 9.97 Å². The molecule has 6 nitrogen and oxygen atoms in total. The minimum atomic E-state index is -0.654. The number of esters is 1. The summed E-state index contributed by atoms with van der Waals surface area (Å²) in [4.78, 5) is 20.6. The molecule has 1 unspecified atom stereocenters. The van der Waals surface area contributed by atoms with Crippen molar-refractivity contribution in [3.63, 3.8) is 0 Å². The summed E-state index contributed by atoms with van der Waals surface area (Å²) in [5.74, 6) is 0.855. The first-order chi connectivity index (χ1) is 13.1. The van der Waals surface area contributed by atoms with Gasteiger partial charge in [0, 0.05) is 5.69 Å². The molecule has 0 amide bonds. The summed E-state index contributed by atoms with van der Waals surface area (Å²) in [5.41, 5.74) is 0.840. The Morgan fingerprint density at radius 2 is 1.96 bits per heavy atom. The zero-order valence-corrected chi connectivity index (χ0v) is 16.1. The summed E-state index contributed by atoms with van der Waals surface area (Å²) in [6.45, 7) is 7.64. The van der Waals surface area contributed by atoms with Crippen LogP contribution in [0.15, 0.2) is 42.6 Å². The van der Waals surface area contributed by atoms with E-state index in [0.717, 1.165) is 16.4 Å². The average molecular weight is 367 g/mol. The molecule has 1 aromatic heterocycles. The molecule has 2 aromatic rings. The maximum absolute atomic E-state index is 11.6. The molecule has 1 heterocycles. The van der Waals surface area contributed by atoms with Crippen molar-refractivity contribution in [2.24, 2.45) is 0 Å². The lowest BCUT2D eigenvalue weighted by atomic mass is 10.3. The zero-order valence-electron chi connectivity index (χ0n) is 16.1. The Morgan fingerprint density at radius 1 is 1.22 bits per heavy atom. The number of ether oxygens (including phenoxy) is 2. The third-order valence-corrected chi connectivity index (χ3v) is 3.61. The molecule has 0 saturated heterocycles. The number of anilines is 2. The highest BCUT2D eigenvalue weighted by atomic mass is 16.6. The summed E-state index contributed by atoms with van der Waals surface area (Å²) >= 11 is 0. The van der Waals surface area contributed by atoms with Crippen molar-refractivity contribution in [2.75, 3.05) is 11.9 Å². The average Bonchev–Trinajstić information content (AvgIpc) is 2.68. The highest BCUT2D eigenvalue weighted by Crippen LogP contribution is 2.19. The molecule has 0 saturated carbocycles. The predicted octanol–water partition coefficient (Wildman–Crippen LogP) is 2.71. The minimum absolute atomic E-state index is 0.332. The van der Waals surface area contributed by atoms with E-state index in [1.165, 1.54) is 0 Å². The van der Waals surface area contributed by atoms with Crippen molar-refractivity contribution >= 4 is 29.6 Å². The second kappa shape index (κ2) is 10.1. The molecule has 0 radical (unpaired) electrons. The molecule has 1 aromatic carbocycles. The molecule has 1 atom stereocenters. The van der Waals surface area contributed by atoms with Crippen LogP contribution in [0, 0.1) is 0 Å². The number of hydrogen-bond donors (Lipinski definition) is 1. The highest BCUT2D eigenvalue weighted by molar-refractivity contribution is 5.74. The van der Waals surface area contributed by atoms with E-state index in [1.54, 1.807) is 32.2 Å². The van der Waals surface area contributed by atoms with Crippen molar-refractivity contribution in [1.29, 1.82) is 0 Å². The lowest BCUT2D eigenvalue weighted by Gasteiger charge is -2.13. The Hall–Kier alpha value is -3.15. The number of nitrogens with zero attached hydrogens (tertiary/aromatic N) is 2. The number of allylic oxidation sites excluding steroid dienone is 2. The van der Waals surface area contributed by atoms with Crippen LogP contribution < -0.4 is 20.8 Å². The van der Waals surface area contributed by atoms with E-state index in [-0.39, 0.29) is 5.97 Å². The number of benzene rings is 1. The van der Waals surface area contributed by atoms with E-state index in [1.807, 2.05) is 50.3 Å². The van der Waals surface area contributed by atoms with Crippen LogP contribution in [-0.4, -0.2) is 28.6 Å². The van der Waals surface area contributed by atoms with Gasteiger partial charge in [-0.3, -0.25) is 4.98 Å². The Morgan fingerprint density at radius 3 is 2.59 bits per heavy atom. The monoisotopic (exact) mass is 367 g/mol. The summed E-state index contributed by atoms with van der Waals surface area (Å²) in [7, 11) is 0. The normalized spacial score (nSPS) is 13.6. The van der Waals surface area contributed by atoms with Gasteiger partial charge in [-0.1, -0.05) is 18.2 Å². The number of rotatable bonds is 7. The maximum atomic E-state index is 11.6. The predicted molar refractivity (Wildman–Crippen MR) is 107 cm³/mol. The zero-order chi connectivity index (χ0) is 19.6. The standard InChI is InChI=1S/C21H25N3O3/c1-5-8-9-19-18(6-2)24-20(14-22-19)23-16-10-12-17(13-11-16)27-15(4)21(25)26-7-3/h5-6,8-15H,7H2,1-4H3,(H,23,24)/b8-5-,18-6+,19-9+. The number of hydrogen-bond acceptors (Lipinski definition) is 6. The van der Waals surface area contributed by atoms with Crippen LogP contribution in [0.2, 0.25) is 0 Å². The van der Waals surface area contributed by atoms with E-state index in [4.69, 9.17) is 9.47 Å². The van der Waals surface area contributed by atoms with Crippen molar-refractivity contribution in [3.05, 3.63) is 53.3 Å². The fraction of sp³-hybridized carbons (Fsp3) is 0.286. The Bertz CT molecular complexity index is 905. The molecule has 0 fully saturated rings. The van der Waals surface area contributed by atoms with E-state index in [9.17, 15) is 4.79 Å². The van der Waals surface area contributed by atoms with Gasteiger partial charge >= 0.3 is 5.97 Å². The van der Waals surface area contributed by atoms with Crippen LogP contribution in [0.25, 0.3) is 12.2 Å². The lowest BCUT2D eigenvalue weighted by Crippen LogP contribution is -2.31. The van der Waals surface area contributed by atoms with Crippen molar-refractivity contribution in [3.8, 4) is 5.75 Å². The molecule has 1 N–H and O–H groups in total. The van der Waals surface area contributed by atoms with E-state index < -0.39 is 6.10 Å². The molecule has 0 aliphatic carbocycles. The van der Waals surface area contributed by atoms with Gasteiger partial charge in [0.25, 0.3) is 0 Å². The number of nitrogens with one attached hydrogen (secondary N) is 1. The fourth-order valence-electron chi connectivity index (χ4n) is 2.28. The van der Waals surface area contributed by atoms with Gasteiger partial charge in [0.05, 0.1) is 23.5 Å². The van der Waals surface area contributed by atoms with Crippen LogP contribution in [0.3, 0.4) is 0 Å². The molecule has 0 aliphatic rings. The summed E-state index contributed by atoms with van der Waals surface area (Å²) in [6, 6.07) is 7.27. The van der Waals surface area contributed by atoms with E-state index in [0.29, 0.717) is 18.2 Å². The fourth-order valence-corrected chi connectivity index (χ4v) is 2.28. The second-order valence-corrected chi connectivity index (χ2v) is 5.67. The second-order valence-electron chi connectivity index (χ2n) is 5.67. The molecular weight excluding hydrogens is 342 g/mol. The third kappa shape index (κ3) is 5.95. The SMILES string of the molecule is C\C=C/C=c1/ncc(Nc2ccc(OC(C)C(=O)OCC)cc2)n/c1=C/C.